The fraction of sp³-hybridized carbons (Fsp3) is 0.300. The lowest BCUT2D eigenvalue weighted by Gasteiger charge is -2.01. The summed E-state index contributed by atoms with van der Waals surface area (Å²) in [4.78, 5) is 32.5. The number of hydrogen-bond donors (Lipinski definition) is 3. The Hall–Kier alpha value is -1.89. The predicted octanol–water partition coefficient (Wildman–Crippen LogP) is 0.706. The lowest BCUT2D eigenvalue weighted by atomic mass is 10.3. The molecule has 2 aromatic heterocycles. The minimum Gasteiger partial charge on any atom is -0.346 e. The molecular weight excluding hydrogens is 240 g/mol. The van der Waals surface area contributed by atoms with Gasteiger partial charge in [0.1, 0.15) is 5.69 Å². The van der Waals surface area contributed by atoms with Crippen molar-refractivity contribution in [3.8, 4) is 0 Å². The highest BCUT2D eigenvalue weighted by Gasteiger charge is 2.10. The van der Waals surface area contributed by atoms with Gasteiger partial charge in [-0.1, -0.05) is 0 Å². The highest BCUT2D eigenvalue weighted by Crippen LogP contribution is 2.16. The monoisotopic (exact) mass is 252 g/mol. The number of aromatic amines is 2. The Morgan fingerprint density at radius 1 is 1.53 bits per heavy atom. The van der Waals surface area contributed by atoms with E-state index in [1.165, 1.54) is 6.20 Å². The number of aromatic nitrogens is 3. The highest BCUT2D eigenvalue weighted by molar-refractivity contribution is 7.11. The molecule has 0 atom stereocenters. The van der Waals surface area contributed by atoms with Gasteiger partial charge >= 0.3 is 5.69 Å². The van der Waals surface area contributed by atoms with Crippen LogP contribution in [0.5, 0.6) is 0 Å². The molecule has 2 heterocycles. The molecule has 0 bridgehead atoms. The minimum atomic E-state index is -0.389. The number of rotatable bonds is 3. The van der Waals surface area contributed by atoms with Gasteiger partial charge in [0.25, 0.3) is 5.91 Å². The summed E-state index contributed by atoms with van der Waals surface area (Å²) in [6.45, 7) is 4.25. The molecule has 3 N–H and O–H groups in total. The molecule has 0 spiro atoms. The Morgan fingerprint density at radius 3 is 2.82 bits per heavy atom. The predicted molar refractivity (Wildman–Crippen MR) is 64.2 cm³/mol. The molecular formula is C10H12N4O2S. The molecule has 0 saturated carbocycles. The third-order valence-corrected chi connectivity index (χ3v) is 3.32. The van der Waals surface area contributed by atoms with E-state index in [4.69, 9.17) is 0 Å². The number of aryl methyl sites for hydroxylation is 2. The van der Waals surface area contributed by atoms with E-state index in [-0.39, 0.29) is 17.3 Å². The van der Waals surface area contributed by atoms with E-state index in [1.807, 2.05) is 13.8 Å². The summed E-state index contributed by atoms with van der Waals surface area (Å²) >= 11 is 1.55. The molecule has 6 nitrogen and oxygen atoms in total. The zero-order valence-electron chi connectivity index (χ0n) is 9.46. The zero-order valence-corrected chi connectivity index (χ0v) is 10.3. The molecule has 17 heavy (non-hydrogen) atoms. The van der Waals surface area contributed by atoms with E-state index < -0.39 is 0 Å². The fourth-order valence-electron chi connectivity index (χ4n) is 1.45. The van der Waals surface area contributed by atoms with Crippen LogP contribution in [0.2, 0.25) is 0 Å². The number of H-pyrrole nitrogens is 2. The Morgan fingerprint density at radius 2 is 2.29 bits per heavy atom. The first kappa shape index (κ1) is 11.6. The summed E-state index contributed by atoms with van der Waals surface area (Å²) in [6.07, 6.45) is 1.35. The largest absolute Gasteiger partial charge is 0.346 e. The highest BCUT2D eigenvalue weighted by atomic mass is 32.1. The Balaban J connectivity index is 2.01. The summed E-state index contributed by atoms with van der Waals surface area (Å²) in [7, 11) is 0. The van der Waals surface area contributed by atoms with Crippen molar-refractivity contribution in [1.29, 1.82) is 0 Å². The maximum atomic E-state index is 11.6. The molecule has 0 aromatic carbocycles. The van der Waals surface area contributed by atoms with Crippen LogP contribution in [0.25, 0.3) is 0 Å². The van der Waals surface area contributed by atoms with Crippen LogP contribution >= 0.6 is 11.3 Å². The molecule has 0 radical (unpaired) electrons. The number of thiazole rings is 1. The van der Waals surface area contributed by atoms with Gasteiger partial charge in [-0.2, -0.15) is 0 Å². The van der Waals surface area contributed by atoms with Crippen LogP contribution in [0.3, 0.4) is 0 Å². The van der Waals surface area contributed by atoms with Gasteiger partial charge < -0.3 is 15.3 Å². The molecule has 2 rings (SSSR count). The summed E-state index contributed by atoms with van der Waals surface area (Å²) in [5.74, 6) is -0.311. The average Bonchev–Trinajstić information content (AvgIpc) is 2.82. The van der Waals surface area contributed by atoms with Crippen LogP contribution in [0.15, 0.2) is 11.0 Å². The van der Waals surface area contributed by atoms with Crippen molar-refractivity contribution in [3.63, 3.8) is 0 Å². The smallest absolute Gasteiger partial charge is 0.323 e. The van der Waals surface area contributed by atoms with Crippen LogP contribution < -0.4 is 11.0 Å². The Bertz CT molecular complexity index is 595. The molecule has 7 heteroatoms. The third kappa shape index (κ3) is 2.62. The van der Waals surface area contributed by atoms with Gasteiger partial charge in [0.15, 0.2) is 0 Å². The van der Waals surface area contributed by atoms with Crippen LogP contribution in [-0.2, 0) is 6.54 Å². The van der Waals surface area contributed by atoms with Crippen LogP contribution in [0.4, 0.5) is 0 Å². The third-order valence-electron chi connectivity index (χ3n) is 2.25. The van der Waals surface area contributed by atoms with Gasteiger partial charge in [0.2, 0.25) is 0 Å². The van der Waals surface area contributed by atoms with Gasteiger partial charge in [0, 0.05) is 11.1 Å². The summed E-state index contributed by atoms with van der Waals surface area (Å²) in [5, 5.41) is 3.70. The fourth-order valence-corrected chi connectivity index (χ4v) is 2.32. The first-order valence-electron chi connectivity index (χ1n) is 5.05. The molecule has 0 unspecified atom stereocenters. The molecule has 0 aliphatic rings. The first-order valence-corrected chi connectivity index (χ1v) is 5.86. The van der Waals surface area contributed by atoms with Crippen LogP contribution in [0.1, 0.15) is 26.1 Å². The van der Waals surface area contributed by atoms with Gasteiger partial charge in [0.05, 0.1) is 17.2 Å². The van der Waals surface area contributed by atoms with E-state index in [2.05, 4.69) is 20.3 Å². The van der Waals surface area contributed by atoms with Crippen molar-refractivity contribution >= 4 is 17.2 Å². The van der Waals surface area contributed by atoms with Gasteiger partial charge in [-0.25, -0.2) is 9.78 Å². The molecule has 2 aromatic rings. The van der Waals surface area contributed by atoms with E-state index in [9.17, 15) is 9.59 Å². The van der Waals surface area contributed by atoms with E-state index in [0.717, 1.165) is 15.6 Å². The quantitative estimate of drug-likeness (QED) is 0.751. The molecule has 0 aliphatic heterocycles. The van der Waals surface area contributed by atoms with E-state index >= 15 is 0 Å². The minimum absolute atomic E-state index is 0.230. The molecule has 0 aliphatic carbocycles. The van der Waals surface area contributed by atoms with Crippen molar-refractivity contribution in [1.82, 2.24) is 20.3 Å². The van der Waals surface area contributed by atoms with Gasteiger partial charge in [-0.15, -0.1) is 11.3 Å². The SMILES string of the molecule is Cc1nc(C)c(CNC(=O)c2c[nH]c(=O)[nH]2)s1. The molecule has 1 amide bonds. The standard InChI is InChI=1S/C10H12N4O2S/c1-5-8(17-6(2)13-5)4-11-9(15)7-3-12-10(16)14-7/h3H,4H2,1-2H3,(H,11,15)(H2,12,14,16). The van der Waals surface area contributed by atoms with Crippen molar-refractivity contribution in [3.05, 3.63) is 38.0 Å². The Kier molecular flexibility index (Phi) is 3.10. The number of imidazole rings is 1. The summed E-state index contributed by atoms with van der Waals surface area (Å²) < 4.78 is 0. The van der Waals surface area contributed by atoms with Crippen molar-refractivity contribution in [2.45, 2.75) is 20.4 Å². The second-order valence-corrected chi connectivity index (χ2v) is 4.87. The van der Waals surface area contributed by atoms with Crippen LogP contribution in [0, 0.1) is 13.8 Å². The van der Waals surface area contributed by atoms with Crippen molar-refractivity contribution < 1.29 is 4.79 Å². The van der Waals surface area contributed by atoms with Crippen molar-refractivity contribution in [2.24, 2.45) is 0 Å². The number of amides is 1. The lowest BCUT2D eigenvalue weighted by molar-refractivity contribution is 0.0946. The van der Waals surface area contributed by atoms with E-state index in [1.54, 1.807) is 11.3 Å². The number of nitrogens with zero attached hydrogens (tertiary/aromatic N) is 1. The number of hydrogen-bond acceptors (Lipinski definition) is 4. The average molecular weight is 252 g/mol. The second-order valence-electron chi connectivity index (χ2n) is 3.58. The van der Waals surface area contributed by atoms with E-state index in [0.29, 0.717) is 6.54 Å². The molecule has 0 fully saturated rings. The summed E-state index contributed by atoms with van der Waals surface area (Å²) in [6, 6.07) is 0. The maximum Gasteiger partial charge on any atom is 0.323 e. The zero-order chi connectivity index (χ0) is 12.4. The second kappa shape index (κ2) is 4.54. The van der Waals surface area contributed by atoms with Crippen LogP contribution in [-0.4, -0.2) is 20.9 Å². The summed E-state index contributed by atoms with van der Waals surface area (Å²) in [5.41, 5.74) is 0.768. The maximum absolute atomic E-state index is 11.6. The normalized spacial score (nSPS) is 10.5. The molecule has 90 valence electrons. The first-order chi connectivity index (χ1) is 8.06. The Labute approximate surface area is 101 Å². The van der Waals surface area contributed by atoms with Crippen molar-refractivity contribution in [2.75, 3.05) is 0 Å². The lowest BCUT2D eigenvalue weighted by Crippen LogP contribution is -2.23. The molecule has 0 saturated heterocycles. The number of nitrogens with one attached hydrogen (secondary N) is 3. The van der Waals surface area contributed by atoms with Gasteiger partial charge in [-0.05, 0) is 13.8 Å². The number of carbonyl (C=O) groups excluding carboxylic acids is 1. The number of carbonyl (C=O) groups is 1. The van der Waals surface area contributed by atoms with Gasteiger partial charge in [-0.3, -0.25) is 4.79 Å². The topological polar surface area (TPSA) is 90.6 Å².